The number of hydrogen-bond acceptors (Lipinski definition) is 9. The summed E-state index contributed by atoms with van der Waals surface area (Å²) >= 11 is 0. The van der Waals surface area contributed by atoms with Gasteiger partial charge < -0.3 is 39.0 Å². The third-order valence-corrected chi connectivity index (χ3v) is 3.26. The van der Waals surface area contributed by atoms with Gasteiger partial charge in [0.05, 0.1) is 28.4 Å². The predicted octanol–water partition coefficient (Wildman–Crippen LogP) is -1.84. The number of benzene rings is 1. The molecule has 11 heteroatoms. The first-order valence-electron chi connectivity index (χ1n) is 7.41. The van der Waals surface area contributed by atoms with Gasteiger partial charge in [0.2, 0.25) is 11.8 Å². The van der Waals surface area contributed by atoms with Crippen molar-refractivity contribution in [3.05, 3.63) is 30.3 Å². The van der Waals surface area contributed by atoms with Crippen LogP contribution in [-0.2, 0) is 0 Å². The number of aromatic nitrogens is 1. The first-order valence-corrected chi connectivity index (χ1v) is 7.41. The second kappa shape index (κ2) is 10.5. The summed E-state index contributed by atoms with van der Waals surface area (Å²) in [7, 11) is 2.74. The number of hydrogen-bond donors (Lipinski definition) is 4. The van der Waals surface area contributed by atoms with Gasteiger partial charge in [-0.25, -0.2) is 0 Å². The van der Waals surface area contributed by atoms with Crippen LogP contribution in [0.25, 0.3) is 0 Å². The molecule has 2 rings (SSSR count). The Bertz CT molecular complexity index is 640. The molecule has 0 bridgehead atoms. The summed E-state index contributed by atoms with van der Waals surface area (Å²) in [5.74, 6) is 1.52. The molecule has 0 aliphatic heterocycles. The van der Waals surface area contributed by atoms with Gasteiger partial charge >= 0.3 is 14.2 Å². The Morgan fingerprint density at radius 2 is 1.35 bits per heavy atom. The van der Waals surface area contributed by atoms with E-state index < -0.39 is 14.2 Å². The molecule has 1 heterocycles. The van der Waals surface area contributed by atoms with Gasteiger partial charge in [-0.2, -0.15) is 4.98 Å². The molecule has 0 atom stereocenters. The zero-order chi connectivity index (χ0) is 19.7. The molecule has 140 valence electrons. The second-order valence-corrected chi connectivity index (χ2v) is 4.81. The Morgan fingerprint density at radius 1 is 0.731 bits per heavy atom. The van der Waals surface area contributed by atoms with Crippen molar-refractivity contribution in [1.29, 1.82) is 0 Å². The van der Waals surface area contributed by atoms with E-state index in [4.69, 9.17) is 39.0 Å². The van der Waals surface area contributed by atoms with E-state index in [1.54, 1.807) is 18.2 Å². The lowest BCUT2D eigenvalue weighted by atomic mass is 9.79. The molecule has 26 heavy (non-hydrogen) atoms. The molecule has 9 nitrogen and oxygen atoms in total. The maximum Gasteiger partial charge on any atom is 0.494 e. The standard InChI is InChI=1S/C8H11BO4.C7H10BNO4/c1-12-6-3-4-7(9(10)11)8(5-6)13-2;1-12-6-4-3-5(8(10)11)7(9-6)13-2/h3-5,10-11H,1-2H3;3-4,10-11H,1-2H3. The van der Waals surface area contributed by atoms with Crippen LogP contribution in [0.3, 0.4) is 0 Å². The van der Waals surface area contributed by atoms with Gasteiger partial charge in [0.25, 0.3) is 0 Å². The van der Waals surface area contributed by atoms with Crippen LogP contribution in [0.4, 0.5) is 0 Å². The fourth-order valence-corrected chi connectivity index (χ4v) is 1.94. The molecule has 1 aromatic heterocycles. The fourth-order valence-electron chi connectivity index (χ4n) is 1.94. The highest BCUT2D eigenvalue weighted by molar-refractivity contribution is 6.60. The first kappa shape index (κ1) is 21.6. The molecule has 2 aromatic rings. The smallest absolute Gasteiger partial charge is 0.494 e. The van der Waals surface area contributed by atoms with Crippen molar-refractivity contribution in [3.8, 4) is 23.3 Å². The van der Waals surface area contributed by atoms with Crippen LogP contribution in [0.5, 0.6) is 23.3 Å². The monoisotopic (exact) mass is 365 g/mol. The van der Waals surface area contributed by atoms with Gasteiger partial charge in [0, 0.05) is 23.1 Å². The highest BCUT2D eigenvalue weighted by Gasteiger charge is 2.18. The zero-order valence-corrected chi connectivity index (χ0v) is 14.9. The van der Waals surface area contributed by atoms with Crippen molar-refractivity contribution in [2.75, 3.05) is 28.4 Å². The number of rotatable bonds is 6. The zero-order valence-electron chi connectivity index (χ0n) is 14.9. The number of nitrogens with zero attached hydrogens (tertiary/aromatic N) is 1. The molecule has 0 saturated heterocycles. The minimum Gasteiger partial charge on any atom is -0.497 e. The quantitative estimate of drug-likeness (QED) is 0.437. The van der Waals surface area contributed by atoms with Crippen LogP contribution in [0.15, 0.2) is 30.3 Å². The third kappa shape index (κ3) is 5.81. The Hall–Kier alpha value is -2.46. The van der Waals surface area contributed by atoms with Crippen LogP contribution in [-0.4, -0.2) is 67.8 Å². The molecule has 0 spiro atoms. The van der Waals surface area contributed by atoms with Crippen molar-refractivity contribution >= 4 is 25.2 Å². The summed E-state index contributed by atoms with van der Waals surface area (Å²) < 4.78 is 19.6. The number of methoxy groups -OCH3 is 4. The lowest BCUT2D eigenvalue weighted by Gasteiger charge is -2.08. The summed E-state index contributed by atoms with van der Waals surface area (Å²) in [4.78, 5) is 3.87. The van der Waals surface area contributed by atoms with E-state index >= 15 is 0 Å². The predicted molar refractivity (Wildman–Crippen MR) is 96.5 cm³/mol. The summed E-state index contributed by atoms with van der Waals surface area (Å²) in [6.45, 7) is 0. The minimum absolute atomic E-state index is 0.148. The maximum atomic E-state index is 8.93. The highest BCUT2D eigenvalue weighted by Crippen LogP contribution is 2.16. The van der Waals surface area contributed by atoms with Gasteiger partial charge in [-0.05, 0) is 6.07 Å². The Kier molecular flexibility index (Phi) is 8.73. The molecular formula is C15H21B2NO8. The topological polar surface area (TPSA) is 131 Å². The van der Waals surface area contributed by atoms with Crippen molar-refractivity contribution in [2.24, 2.45) is 0 Å². The Balaban J connectivity index is 0.000000260. The minimum atomic E-state index is -1.59. The van der Waals surface area contributed by atoms with Crippen molar-refractivity contribution in [3.63, 3.8) is 0 Å². The second-order valence-electron chi connectivity index (χ2n) is 4.81. The molecule has 0 radical (unpaired) electrons. The molecule has 0 saturated carbocycles. The summed E-state index contributed by atoms with van der Waals surface area (Å²) in [5, 5.41) is 35.7. The van der Waals surface area contributed by atoms with E-state index in [-0.39, 0.29) is 11.3 Å². The highest BCUT2D eigenvalue weighted by atomic mass is 16.5. The van der Waals surface area contributed by atoms with Crippen LogP contribution in [0, 0.1) is 0 Å². The normalized spacial score (nSPS) is 9.54. The van der Waals surface area contributed by atoms with Crippen LogP contribution < -0.4 is 29.9 Å². The Labute approximate surface area is 152 Å². The Morgan fingerprint density at radius 3 is 1.81 bits per heavy atom. The largest absolute Gasteiger partial charge is 0.497 e. The van der Waals surface area contributed by atoms with E-state index in [9.17, 15) is 0 Å². The van der Waals surface area contributed by atoms with Crippen molar-refractivity contribution < 1.29 is 39.0 Å². The van der Waals surface area contributed by atoms with E-state index in [1.165, 1.54) is 40.6 Å². The van der Waals surface area contributed by atoms with Gasteiger partial charge in [-0.15, -0.1) is 0 Å². The average molecular weight is 365 g/mol. The van der Waals surface area contributed by atoms with E-state index in [0.29, 0.717) is 22.8 Å². The van der Waals surface area contributed by atoms with Gasteiger partial charge in [-0.3, -0.25) is 0 Å². The van der Waals surface area contributed by atoms with Crippen LogP contribution in [0.2, 0.25) is 0 Å². The maximum absolute atomic E-state index is 8.93. The molecule has 0 amide bonds. The summed E-state index contributed by atoms with van der Waals surface area (Å²) in [6, 6.07) is 7.78. The third-order valence-electron chi connectivity index (χ3n) is 3.26. The van der Waals surface area contributed by atoms with E-state index in [0.717, 1.165) is 0 Å². The van der Waals surface area contributed by atoms with E-state index in [2.05, 4.69) is 4.98 Å². The summed E-state index contributed by atoms with van der Waals surface area (Å²) in [5.41, 5.74) is 0.534. The lowest BCUT2D eigenvalue weighted by Crippen LogP contribution is -2.31. The molecular weight excluding hydrogens is 344 g/mol. The lowest BCUT2D eigenvalue weighted by molar-refractivity contribution is 0.363. The number of pyridine rings is 1. The number of ether oxygens (including phenoxy) is 4. The molecule has 0 aliphatic rings. The SMILES string of the molecule is COc1ccc(B(O)O)c(OC)c1.COc1ccc(B(O)O)c(OC)n1. The fraction of sp³-hybridized carbons (Fsp3) is 0.267. The van der Waals surface area contributed by atoms with E-state index in [1.807, 2.05) is 0 Å². The molecule has 4 N–H and O–H groups in total. The van der Waals surface area contributed by atoms with Gasteiger partial charge in [-0.1, -0.05) is 12.1 Å². The average Bonchev–Trinajstić information content (AvgIpc) is 2.66. The van der Waals surface area contributed by atoms with Crippen molar-refractivity contribution in [1.82, 2.24) is 4.98 Å². The van der Waals surface area contributed by atoms with Crippen LogP contribution in [0.1, 0.15) is 0 Å². The molecule has 0 unspecified atom stereocenters. The molecule has 0 aliphatic carbocycles. The molecule has 0 fully saturated rings. The van der Waals surface area contributed by atoms with Crippen molar-refractivity contribution in [2.45, 2.75) is 0 Å². The van der Waals surface area contributed by atoms with Crippen LogP contribution >= 0.6 is 0 Å². The van der Waals surface area contributed by atoms with Gasteiger partial charge in [0.1, 0.15) is 11.5 Å². The first-order chi connectivity index (χ1) is 12.4. The van der Waals surface area contributed by atoms with Gasteiger partial charge in [0.15, 0.2) is 0 Å². The molecule has 1 aromatic carbocycles. The summed E-state index contributed by atoms with van der Waals surface area (Å²) in [6.07, 6.45) is 0.